The van der Waals surface area contributed by atoms with E-state index in [0.29, 0.717) is 12.0 Å². The molecule has 0 saturated carbocycles. The molecule has 204 valence electrons. The number of hydrogen-bond acceptors (Lipinski definition) is 12. The topological polar surface area (TPSA) is 181 Å². The number of hydrogen-bond donors (Lipinski definition) is 5. The summed E-state index contributed by atoms with van der Waals surface area (Å²) in [5.74, 6) is -2.07. The van der Waals surface area contributed by atoms with Crippen molar-refractivity contribution >= 4 is 11.9 Å². The first kappa shape index (κ1) is 28.6. The lowest BCUT2D eigenvalue weighted by Crippen LogP contribution is -2.60. The van der Waals surface area contributed by atoms with E-state index in [4.69, 9.17) is 23.7 Å². The Balaban J connectivity index is 1.71. The number of aromatic hydroxyl groups is 1. The average molecular weight is 525 g/mol. The van der Waals surface area contributed by atoms with Gasteiger partial charge in [-0.05, 0) is 24.6 Å². The molecule has 0 radical (unpaired) electrons. The van der Waals surface area contributed by atoms with Gasteiger partial charge in [-0.2, -0.15) is 0 Å². The SMILES string of the molecule is CC=C1C(O[C@@H]2O[C@H](CO)[C@@H](O)[C@H](O)[C@H]2O)OC=C(C(=O)OC)C1CC(=O)OCCc1ccc(O)cc1. The molecule has 0 bridgehead atoms. The van der Waals surface area contributed by atoms with Gasteiger partial charge in [0.1, 0.15) is 30.2 Å². The van der Waals surface area contributed by atoms with E-state index >= 15 is 0 Å². The fourth-order valence-electron chi connectivity index (χ4n) is 4.10. The van der Waals surface area contributed by atoms with Crippen LogP contribution in [0.25, 0.3) is 0 Å². The number of carbonyl (C=O) groups is 2. The van der Waals surface area contributed by atoms with Crippen molar-refractivity contribution in [2.75, 3.05) is 20.3 Å². The number of esters is 2. The van der Waals surface area contributed by atoms with E-state index in [9.17, 15) is 35.1 Å². The number of phenolic OH excluding ortho intramolecular Hbond substituents is 1. The third-order valence-electron chi connectivity index (χ3n) is 6.19. The Kier molecular flexibility index (Phi) is 10.0. The van der Waals surface area contributed by atoms with Crippen molar-refractivity contribution in [1.82, 2.24) is 0 Å². The molecular weight excluding hydrogens is 492 g/mol. The Morgan fingerprint density at radius 2 is 1.78 bits per heavy atom. The zero-order valence-corrected chi connectivity index (χ0v) is 20.4. The smallest absolute Gasteiger partial charge is 0.337 e. The maximum Gasteiger partial charge on any atom is 0.337 e. The first-order valence-corrected chi connectivity index (χ1v) is 11.7. The lowest BCUT2D eigenvalue weighted by atomic mass is 9.86. The molecule has 1 aromatic carbocycles. The van der Waals surface area contributed by atoms with Gasteiger partial charge in [-0.25, -0.2) is 4.79 Å². The Labute approximate surface area is 213 Å². The van der Waals surface area contributed by atoms with Crippen LogP contribution in [0.1, 0.15) is 18.9 Å². The van der Waals surface area contributed by atoms with E-state index < -0.39 is 61.5 Å². The third-order valence-corrected chi connectivity index (χ3v) is 6.19. The number of aliphatic hydroxyl groups is 4. The largest absolute Gasteiger partial charge is 0.508 e. The van der Waals surface area contributed by atoms with Gasteiger partial charge in [-0.3, -0.25) is 4.79 Å². The summed E-state index contributed by atoms with van der Waals surface area (Å²) in [5, 5.41) is 49.1. The molecule has 7 atom stereocenters. The first-order chi connectivity index (χ1) is 17.7. The molecule has 37 heavy (non-hydrogen) atoms. The van der Waals surface area contributed by atoms with Gasteiger partial charge in [0.25, 0.3) is 0 Å². The molecule has 5 N–H and O–H groups in total. The molecular formula is C25H32O12. The zero-order valence-electron chi connectivity index (χ0n) is 20.4. The van der Waals surface area contributed by atoms with Crippen molar-refractivity contribution in [3.8, 4) is 5.75 Å². The van der Waals surface area contributed by atoms with E-state index in [-0.39, 0.29) is 24.4 Å². The normalized spacial score (nSPS) is 30.8. The Hall–Kier alpha value is -3.00. The van der Waals surface area contributed by atoms with Crippen LogP contribution in [0.15, 0.2) is 47.7 Å². The third kappa shape index (κ3) is 6.86. The summed E-state index contributed by atoms with van der Waals surface area (Å²) < 4.78 is 26.8. The molecule has 12 nitrogen and oxygen atoms in total. The molecule has 12 heteroatoms. The zero-order chi connectivity index (χ0) is 27.1. The van der Waals surface area contributed by atoms with Crippen molar-refractivity contribution in [1.29, 1.82) is 0 Å². The molecule has 2 unspecified atom stereocenters. The van der Waals surface area contributed by atoms with Gasteiger partial charge < -0.3 is 49.2 Å². The molecule has 0 spiro atoms. The number of methoxy groups -OCH3 is 1. The lowest BCUT2D eigenvalue weighted by molar-refractivity contribution is -0.327. The van der Waals surface area contributed by atoms with Crippen LogP contribution in [0.2, 0.25) is 0 Å². The van der Waals surface area contributed by atoms with Crippen molar-refractivity contribution in [3.63, 3.8) is 0 Å². The summed E-state index contributed by atoms with van der Waals surface area (Å²) in [5.41, 5.74) is 1.23. The average Bonchev–Trinajstić information content (AvgIpc) is 2.89. The summed E-state index contributed by atoms with van der Waals surface area (Å²) >= 11 is 0. The molecule has 2 heterocycles. The highest BCUT2D eigenvalue weighted by Crippen LogP contribution is 2.36. The Bertz CT molecular complexity index is 986. The van der Waals surface area contributed by atoms with Gasteiger partial charge in [0, 0.05) is 17.9 Å². The summed E-state index contributed by atoms with van der Waals surface area (Å²) in [6.07, 6.45) is -6.02. The second-order valence-electron chi connectivity index (χ2n) is 8.55. The fourth-order valence-corrected chi connectivity index (χ4v) is 4.10. The maximum atomic E-state index is 12.7. The molecule has 2 aliphatic rings. The van der Waals surface area contributed by atoms with E-state index in [1.165, 1.54) is 19.2 Å². The van der Waals surface area contributed by atoms with Crippen molar-refractivity contribution < 1.29 is 58.8 Å². The van der Waals surface area contributed by atoms with Crippen LogP contribution in [0.5, 0.6) is 5.75 Å². The number of carbonyl (C=O) groups excluding carboxylic acids is 2. The highest BCUT2D eigenvalue weighted by molar-refractivity contribution is 5.90. The van der Waals surface area contributed by atoms with Crippen molar-refractivity contribution in [2.24, 2.45) is 5.92 Å². The Morgan fingerprint density at radius 3 is 2.41 bits per heavy atom. The standard InChI is InChI=1S/C25H32O12/c1-3-15-16(10-19(28)34-9-8-13-4-6-14(27)7-5-13)17(23(32)33-2)12-35-24(15)37-25-22(31)21(30)20(29)18(11-26)36-25/h3-7,12,16,18,20-22,24-27,29-31H,8-11H2,1-2H3/t16?,18-,20-,21+,22-,24?,25+/m1/s1. The minimum atomic E-state index is -1.67. The molecule has 3 rings (SSSR count). The predicted octanol–water partition coefficient (Wildman–Crippen LogP) is -0.340. The summed E-state index contributed by atoms with van der Waals surface area (Å²) in [4.78, 5) is 25.1. The van der Waals surface area contributed by atoms with Gasteiger partial charge in [-0.15, -0.1) is 0 Å². The van der Waals surface area contributed by atoms with Crippen LogP contribution in [-0.2, 0) is 39.7 Å². The molecule has 2 aliphatic heterocycles. The maximum absolute atomic E-state index is 12.7. The number of rotatable bonds is 9. The number of ether oxygens (including phenoxy) is 5. The van der Waals surface area contributed by atoms with Crippen LogP contribution in [0.3, 0.4) is 0 Å². The molecule has 1 saturated heterocycles. The van der Waals surface area contributed by atoms with Gasteiger partial charge in [0.15, 0.2) is 6.29 Å². The fraction of sp³-hybridized carbons (Fsp3) is 0.520. The van der Waals surface area contributed by atoms with Crippen LogP contribution >= 0.6 is 0 Å². The van der Waals surface area contributed by atoms with Crippen LogP contribution in [0, 0.1) is 5.92 Å². The molecule has 0 aromatic heterocycles. The van der Waals surface area contributed by atoms with E-state index in [0.717, 1.165) is 11.8 Å². The van der Waals surface area contributed by atoms with E-state index in [1.807, 2.05) is 0 Å². The van der Waals surface area contributed by atoms with Gasteiger partial charge >= 0.3 is 11.9 Å². The van der Waals surface area contributed by atoms with E-state index in [1.54, 1.807) is 25.1 Å². The highest BCUT2D eigenvalue weighted by atomic mass is 16.8. The molecule has 0 amide bonds. The lowest BCUT2D eigenvalue weighted by Gasteiger charge is -2.41. The van der Waals surface area contributed by atoms with Crippen LogP contribution in [0.4, 0.5) is 0 Å². The number of phenols is 1. The first-order valence-electron chi connectivity index (χ1n) is 11.7. The predicted molar refractivity (Wildman–Crippen MR) is 124 cm³/mol. The van der Waals surface area contributed by atoms with Crippen molar-refractivity contribution in [3.05, 3.63) is 53.3 Å². The number of allylic oxidation sites excluding steroid dienone is 1. The molecule has 1 fully saturated rings. The Morgan fingerprint density at radius 1 is 1.08 bits per heavy atom. The molecule has 0 aliphatic carbocycles. The summed E-state index contributed by atoms with van der Waals surface area (Å²) in [7, 11) is 1.18. The van der Waals surface area contributed by atoms with Gasteiger partial charge in [0.2, 0.25) is 6.29 Å². The second-order valence-corrected chi connectivity index (χ2v) is 8.55. The van der Waals surface area contributed by atoms with Crippen LogP contribution < -0.4 is 0 Å². The van der Waals surface area contributed by atoms with Crippen LogP contribution in [-0.4, -0.2) is 94.8 Å². The number of aliphatic hydroxyl groups excluding tert-OH is 4. The minimum Gasteiger partial charge on any atom is -0.508 e. The minimum absolute atomic E-state index is 0.0414. The number of benzene rings is 1. The highest BCUT2D eigenvalue weighted by Gasteiger charge is 2.46. The van der Waals surface area contributed by atoms with Crippen molar-refractivity contribution in [2.45, 2.75) is 56.8 Å². The quantitative estimate of drug-likeness (QED) is 0.210. The van der Waals surface area contributed by atoms with E-state index in [2.05, 4.69) is 0 Å². The molecule has 1 aromatic rings. The van der Waals surface area contributed by atoms with Gasteiger partial charge in [-0.1, -0.05) is 18.2 Å². The van der Waals surface area contributed by atoms with Gasteiger partial charge in [0.05, 0.1) is 38.6 Å². The second kappa shape index (κ2) is 13.0. The summed E-state index contributed by atoms with van der Waals surface area (Å²) in [6, 6.07) is 6.47. The monoisotopic (exact) mass is 524 g/mol. The summed E-state index contributed by atoms with van der Waals surface area (Å²) in [6.45, 7) is 1.06.